The molecule has 0 amide bonds. The van der Waals surface area contributed by atoms with E-state index in [-0.39, 0.29) is 16.9 Å². The zero-order chi connectivity index (χ0) is 24.0. The lowest BCUT2D eigenvalue weighted by Gasteiger charge is -2.39. The van der Waals surface area contributed by atoms with Gasteiger partial charge < -0.3 is 54.7 Å². The standard InChI is InChI=1S/C21H20O12/c22-6-13-15(27)17(29)20(21(30)32-13)33-19-16(28)14-11(26)4-8(23)5-12(14)31-18(19)7-1-2-9(24)10(25)3-7/h1-5,13,15,17,20-27,29-30H,6H2/t13-,15+,17-,20-,21-/m0/s1. The van der Waals surface area contributed by atoms with E-state index in [1.807, 2.05) is 0 Å². The van der Waals surface area contributed by atoms with Crippen molar-refractivity contribution in [2.75, 3.05) is 6.61 Å². The fraction of sp³-hybridized carbons (Fsp3) is 0.286. The Morgan fingerprint density at radius 3 is 2.30 bits per heavy atom. The van der Waals surface area contributed by atoms with Gasteiger partial charge in [-0.05, 0) is 18.2 Å². The maximum absolute atomic E-state index is 13.3. The van der Waals surface area contributed by atoms with Gasteiger partial charge in [0.25, 0.3) is 0 Å². The van der Waals surface area contributed by atoms with E-state index in [2.05, 4.69) is 0 Å². The molecule has 8 N–H and O–H groups in total. The van der Waals surface area contributed by atoms with Gasteiger partial charge in [-0.2, -0.15) is 0 Å². The lowest BCUT2D eigenvalue weighted by atomic mass is 9.99. The number of ether oxygens (including phenoxy) is 2. The number of rotatable bonds is 4. The highest BCUT2D eigenvalue weighted by Crippen LogP contribution is 2.39. The summed E-state index contributed by atoms with van der Waals surface area (Å²) >= 11 is 0. The first-order valence-electron chi connectivity index (χ1n) is 9.64. The Kier molecular flexibility index (Phi) is 5.78. The number of phenolic OH excluding ortho intramolecular Hbond substituents is 4. The first-order valence-corrected chi connectivity index (χ1v) is 9.64. The smallest absolute Gasteiger partial charge is 0.239 e. The predicted octanol–water partition coefficient (Wildman–Crippen LogP) is -0.539. The van der Waals surface area contributed by atoms with Crippen molar-refractivity contribution in [1.29, 1.82) is 0 Å². The maximum atomic E-state index is 13.3. The molecular formula is C21H20O12. The highest BCUT2D eigenvalue weighted by Gasteiger charge is 2.46. The van der Waals surface area contributed by atoms with Gasteiger partial charge in [-0.15, -0.1) is 0 Å². The summed E-state index contributed by atoms with van der Waals surface area (Å²) < 4.78 is 16.2. The number of hydrogen-bond donors (Lipinski definition) is 8. The maximum Gasteiger partial charge on any atom is 0.239 e. The Morgan fingerprint density at radius 1 is 0.909 bits per heavy atom. The summed E-state index contributed by atoms with van der Waals surface area (Å²) in [5.74, 6) is -3.10. The monoisotopic (exact) mass is 464 g/mol. The molecule has 1 saturated heterocycles. The lowest BCUT2D eigenvalue weighted by Crippen LogP contribution is -2.60. The third-order valence-electron chi connectivity index (χ3n) is 5.25. The second-order valence-corrected chi connectivity index (χ2v) is 7.44. The molecule has 0 saturated carbocycles. The topological polar surface area (TPSA) is 211 Å². The molecule has 33 heavy (non-hydrogen) atoms. The molecule has 1 fully saturated rings. The summed E-state index contributed by atoms with van der Waals surface area (Å²) in [5.41, 5.74) is -1.22. The molecule has 2 aromatic carbocycles. The molecule has 1 aliphatic heterocycles. The third kappa shape index (κ3) is 3.90. The number of aromatic hydroxyl groups is 4. The molecule has 2 heterocycles. The van der Waals surface area contributed by atoms with Crippen LogP contribution in [0.4, 0.5) is 0 Å². The zero-order valence-corrected chi connectivity index (χ0v) is 16.7. The highest BCUT2D eigenvalue weighted by molar-refractivity contribution is 5.88. The van der Waals surface area contributed by atoms with Crippen LogP contribution in [0.1, 0.15) is 0 Å². The Balaban J connectivity index is 1.91. The van der Waals surface area contributed by atoms with Crippen molar-refractivity contribution < 1.29 is 54.7 Å². The molecule has 3 aromatic rings. The number of fused-ring (bicyclic) bond motifs is 1. The molecule has 5 atom stereocenters. The molecule has 0 aliphatic carbocycles. The van der Waals surface area contributed by atoms with Crippen molar-refractivity contribution in [3.05, 3.63) is 40.6 Å². The SMILES string of the molecule is O=c1c(O[C@H]2[C@@H](O)[C@H](O)[C@H](CO)O[C@@H]2O)c(-c2ccc(O)c(O)c2)oc2cc(O)cc(O)c12. The van der Waals surface area contributed by atoms with Gasteiger partial charge in [0.1, 0.15) is 40.8 Å². The average Bonchev–Trinajstić information content (AvgIpc) is 2.76. The van der Waals surface area contributed by atoms with Gasteiger partial charge in [-0.1, -0.05) is 0 Å². The van der Waals surface area contributed by atoms with Crippen LogP contribution in [-0.2, 0) is 4.74 Å². The summed E-state index contributed by atoms with van der Waals surface area (Å²) in [6, 6.07) is 5.33. The van der Waals surface area contributed by atoms with Crippen molar-refractivity contribution in [2.24, 2.45) is 0 Å². The molecule has 0 unspecified atom stereocenters. The van der Waals surface area contributed by atoms with Crippen LogP contribution in [-0.4, -0.2) is 78.2 Å². The van der Waals surface area contributed by atoms with Crippen LogP contribution >= 0.6 is 0 Å². The van der Waals surface area contributed by atoms with Crippen LogP contribution in [0, 0.1) is 0 Å². The van der Waals surface area contributed by atoms with Gasteiger partial charge in [0.2, 0.25) is 11.2 Å². The summed E-state index contributed by atoms with van der Waals surface area (Å²) in [6.45, 7) is -0.713. The third-order valence-corrected chi connectivity index (χ3v) is 5.25. The summed E-state index contributed by atoms with van der Waals surface area (Å²) in [6.07, 6.45) is -8.42. The van der Waals surface area contributed by atoms with E-state index < -0.39 is 76.9 Å². The Bertz CT molecular complexity index is 1250. The number of aliphatic hydroxyl groups excluding tert-OH is 4. The van der Waals surface area contributed by atoms with Crippen molar-refractivity contribution in [3.8, 4) is 40.1 Å². The quantitative estimate of drug-likeness (QED) is 0.229. The van der Waals surface area contributed by atoms with Crippen molar-refractivity contribution >= 4 is 11.0 Å². The van der Waals surface area contributed by atoms with Gasteiger partial charge in [0, 0.05) is 17.7 Å². The van der Waals surface area contributed by atoms with Gasteiger partial charge in [-0.3, -0.25) is 4.79 Å². The van der Waals surface area contributed by atoms with E-state index in [4.69, 9.17) is 13.9 Å². The summed E-state index contributed by atoms with van der Waals surface area (Å²) in [7, 11) is 0. The van der Waals surface area contributed by atoms with Gasteiger partial charge in [0.15, 0.2) is 29.7 Å². The van der Waals surface area contributed by atoms with Crippen molar-refractivity contribution in [2.45, 2.75) is 30.7 Å². The molecule has 1 aromatic heterocycles. The largest absolute Gasteiger partial charge is 0.508 e. The van der Waals surface area contributed by atoms with E-state index >= 15 is 0 Å². The van der Waals surface area contributed by atoms with Gasteiger partial charge in [0.05, 0.1) is 6.61 Å². The Morgan fingerprint density at radius 2 is 1.64 bits per heavy atom. The molecule has 0 bridgehead atoms. The van der Waals surface area contributed by atoms with Crippen LogP contribution in [0.15, 0.2) is 39.5 Å². The van der Waals surface area contributed by atoms with Crippen molar-refractivity contribution in [3.63, 3.8) is 0 Å². The molecule has 0 radical (unpaired) electrons. The second-order valence-electron chi connectivity index (χ2n) is 7.44. The highest BCUT2D eigenvalue weighted by atomic mass is 16.7. The Labute approximate surface area is 184 Å². The molecule has 176 valence electrons. The van der Waals surface area contributed by atoms with Gasteiger partial charge in [-0.25, -0.2) is 0 Å². The first kappa shape index (κ1) is 22.6. The van der Waals surface area contributed by atoms with E-state index in [1.54, 1.807) is 0 Å². The molecule has 12 heteroatoms. The molecule has 0 spiro atoms. The van der Waals surface area contributed by atoms with Crippen LogP contribution in [0.2, 0.25) is 0 Å². The van der Waals surface area contributed by atoms with Gasteiger partial charge >= 0.3 is 0 Å². The van der Waals surface area contributed by atoms with E-state index in [1.165, 1.54) is 6.07 Å². The second kappa shape index (κ2) is 8.42. The first-order chi connectivity index (χ1) is 15.6. The van der Waals surface area contributed by atoms with Crippen LogP contribution < -0.4 is 10.2 Å². The predicted molar refractivity (Wildman–Crippen MR) is 109 cm³/mol. The summed E-state index contributed by atoms with van der Waals surface area (Å²) in [5, 5.41) is 79.0. The average molecular weight is 464 g/mol. The zero-order valence-electron chi connectivity index (χ0n) is 16.7. The minimum absolute atomic E-state index is 0.0108. The Hall–Kier alpha value is -3.55. The fourth-order valence-electron chi connectivity index (χ4n) is 3.57. The van der Waals surface area contributed by atoms with Crippen molar-refractivity contribution in [1.82, 2.24) is 0 Å². The minimum Gasteiger partial charge on any atom is -0.508 e. The van der Waals surface area contributed by atoms with Crippen LogP contribution in [0.25, 0.3) is 22.3 Å². The number of phenols is 4. The number of benzene rings is 2. The lowest BCUT2D eigenvalue weighted by molar-refractivity contribution is -0.280. The van der Waals surface area contributed by atoms with E-state index in [9.17, 15) is 45.6 Å². The molecule has 4 rings (SSSR count). The number of aliphatic hydroxyl groups is 4. The molecule has 12 nitrogen and oxygen atoms in total. The van der Waals surface area contributed by atoms with Crippen LogP contribution in [0.5, 0.6) is 28.7 Å². The van der Waals surface area contributed by atoms with E-state index in [0.717, 1.165) is 24.3 Å². The summed E-state index contributed by atoms with van der Waals surface area (Å²) in [4.78, 5) is 13.3. The fourth-order valence-corrected chi connectivity index (χ4v) is 3.57. The minimum atomic E-state index is -1.88. The molecule has 1 aliphatic rings. The van der Waals surface area contributed by atoms with Crippen LogP contribution in [0.3, 0.4) is 0 Å². The normalized spacial score (nSPS) is 25.3. The molecular weight excluding hydrogens is 444 g/mol. The number of hydrogen-bond acceptors (Lipinski definition) is 12. The van der Waals surface area contributed by atoms with E-state index in [0.29, 0.717) is 0 Å².